The Morgan fingerprint density at radius 1 is 1.30 bits per heavy atom. The van der Waals surface area contributed by atoms with Crippen LogP contribution in [0.3, 0.4) is 0 Å². The minimum absolute atomic E-state index is 0.344. The van der Waals surface area contributed by atoms with E-state index in [9.17, 15) is 0 Å². The molecule has 0 aromatic carbocycles. The van der Waals surface area contributed by atoms with E-state index in [1.807, 2.05) is 14.0 Å². The fourth-order valence-electron chi connectivity index (χ4n) is 2.12. The Labute approximate surface area is 124 Å². The third-order valence-corrected chi connectivity index (χ3v) is 4.11. The maximum absolute atomic E-state index is 4.61. The van der Waals surface area contributed by atoms with Gasteiger partial charge >= 0.3 is 0 Å². The molecule has 0 aliphatic heterocycles. The molecule has 0 bridgehead atoms. The Hall–Kier alpha value is -1.62. The molecule has 0 aliphatic rings. The molecule has 1 atom stereocenters. The lowest BCUT2D eigenvalue weighted by Gasteiger charge is -2.17. The number of thiophene rings is 1. The quantitative estimate of drug-likeness (QED) is 0.855. The zero-order valence-corrected chi connectivity index (χ0v) is 13.3. The average molecular weight is 290 g/mol. The second-order valence-corrected chi connectivity index (χ2v) is 5.93. The molecule has 0 radical (unpaired) electrons. The van der Waals surface area contributed by atoms with E-state index in [1.54, 1.807) is 11.3 Å². The van der Waals surface area contributed by atoms with Crippen molar-refractivity contribution in [2.75, 3.05) is 17.7 Å². The fourth-order valence-corrected chi connectivity index (χ4v) is 2.96. The summed E-state index contributed by atoms with van der Waals surface area (Å²) in [5.41, 5.74) is 1.07. The Kier molecular flexibility index (Phi) is 4.95. The van der Waals surface area contributed by atoms with Crippen LogP contribution in [0.4, 0.5) is 11.6 Å². The highest BCUT2D eigenvalue weighted by molar-refractivity contribution is 7.09. The predicted molar refractivity (Wildman–Crippen MR) is 86.8 cm³/mol. The summed E-state index contributed by atoms with van der Waals surface area (Å²) in [6.45, 7) is 6.31. The van der Waals surface area contributed by atoms with Crippen molar-refractivity contribution in [2.45, 2.75) is 39.7 Å². The van der Waals surface area contributed by atoms with Gasteiger partial charge in [-0.05, 0) is 25.3 Å². The zero-order valence-electron chi connectivity index (χ0n) is 12.5. The Bertz CT molecular complexity index is 551. The standard InChI is InChI=1S/C15H22N4S/c1-5-13-18-14(16-4)11(3)15(19-13)17-10(2)9-12-7-6-8-20-12/h6-8,10H,5,9H2,1-4H3,(H2,16,17,18,19). The van der Waals surface area contributed by atoms with Gasteiger partial charge in [-0.15, -0.1) is 11.3 Å². The molecule has 0 saturated heterocycles. The van der Waals surface area contributed by atoms with Crippen LogP contribution < -0.4 is 10.6 Å². The molecule has 2 aromatic rings. The number of hydrogen-bond donors (Lipinski definition) is 2. The van der Waals surface area contributed by atoms with E-state index in [-0.39, 0.29) is 0 Å². The summed E-state index contributed by atoms with van der Waals surface area (Å²) in [6, 6.07) is 4.61. The van der Waals surface area contributed by atoms with Crippen molar-refractivity contribution in [1.29, 1.82) is 0 Å². The van der Waals surface area contributed by atoms with E-state index >= 15 is 0 Å². The summed E-state index contributed by atoms with van der Waals surface area (Å²) in [4.78, 5) is 10.5. The third kappa shape index (κ3) is 3.48. The molecule has 108 valence electrons. The maximum atomic E-state index is 4.61. The van der Waals surface area contributed by atoms with E-state index in [0.717, 1.165) is 35.9 Å². The van der Waals surface area contributed by atoms with Crippen molar-refractivity contribution in [3.05, 3.63) is 33.8 Å². The Balaban J connectivity index is 2.15. The first-order valence-electron chi connectivity index (χ1n) is 6.98. The monoisotopic (exact) mass is 290 g/mol. The first kappa shape index (κ1) is 14.8. The van der Waals surface area contributed by atoms with Gasteiger partial charge in [-0.1, -0.05) is 13.0 Å². The second-order valence-electron chi connectivity index (χ2n) is 4.89. The molecule has 2 heterocycles. The van der Waals surface area contributed by atoms with Crippen LogP contribution >= 0.6 is 11.3 Å². The highest BCUT2D eigenvalue weighted by Gasteiger charge is 2.12. The molecule has 0 aliphatic carbocycles. The smallest absolute Gasteiger partial charge is 0.134 e. The molecule has 2 aromatic heterocycles. The molecule has 2 N–H and O–H groups in total. The van der Waals surface area contributed by atoms with Crippen molar-refractivity contribution < 1.29 is 0 Å². The van der Waals surface area contributed by atoms with Gasteiger partial charge in [-0.25, -0.2) is 9.97 Å². The predicted octanol–water partition coefficient (Wildman–Crippen LogP) is 3.49. The summed E-state index contributed by atoms with van der Waals surface area (Å²) in [6.07, 6.45) is 1.85. The lowest BCUT2D eigenvalue weighted by Crippen LogP contribution is -2.20. The molecule has 1 unspecified atom stereocenters. The van der Waals surface area contributed by atoms with Crippen LogP contribution in [-0.4, -0.2) is 23.1 Å². The van der Waals surface area contributed by atoms with Gasteiger partial charge in [0.05, 0.1) is 0 Å². The van der Waals surface area contributed by atoms with E-state index in [2.05, 4.69) is 52.0 Å². The van der Waals surface area contributed by atoms with Crippen LogP contribution in [0.1, 0.15) is 30.1 Å². The molecule has 2 rings (SSSR count). The van der Waals surface area contributed by atoms with Gasteiger partial charge in [-0.3, -0.25) is 0 Å². The SMILES string of the molecule is CCc1nc(NC)c(C)c(NC(C)Cc2cccs2)n1. The fraction of sp³-hybridized carbons (Fsp3) is 0.467. The van der Waals surface area contributed by atoms with Crippen LogP contribution in [0.15, 0.2) is 17.5 Å². The lowest BCUT2D eigenvalue weighted by molar-refractivity contribution is 0.786. The summed E-state index contributed by atoms with van der Waals surface area (Å²) < 4.78 is 0. The van der Waals surface area contributed by atoms with Crippen molar-refractivity contribution in [3.8, 4) is 0 Å². The number of hydrogen-bond acceptors (Lipinski definition) is 5. The van der Waals surface area contributed by atoms with Gasteiger partial charge in [-0.2, -0.15) is 0 Å². The van der Waals surface area contributed by atoms with E-state index in [4.69, 9.17) is 0 Å². The number of anilines is 2. The van der Waals surface area contributed by atoms with Gasteiger partial charge in [0.2, 0.25) is 0 Å². The minimum atomic E-state index is 0.344. The zero-order chi connectivity index (χ0) is 14.5. The number of aromatic nitrogens is 2. The number of nitrogens with one attached hydrogen (secondary N) is 2. The van der Waals surface area contributed by atoms with E-state index in [1.165, 1.54) is 4.88 Å². The maximum Gasteiger partial charge on any atom is 0.134 e. The van der Waals surface area contributed by atoms with Crippen molar-refractivity contribution in [2.24, 2.45) is 0 Å². The van der Waals surface area contributed by atoms with Crippen molar-refractivity contribution in [3.63, 3.8) is 0 Å². The summed E-state index contributed by atoms with van der Waals surface area (Å²) in [5.74, 6) is 2.71. The van der Waals surface area contributed by atoms with Crippen LogP contribution in [0.2, 0.25) is 0 Å². The second kappa shape index (κ2) is 6.70. The average Bonchev–Trinajstić information content (AvgIpc) is 2.93. The summed E-state index contributed by atoms with van der Waals surface area (Å²) in [7, 11) is 1.90. The van der Waals surface area contributed by atoms with Gasteiger partial charge in [0.15, 0.2) is 0 Å². The molecule has 20 heavy (non-hydrogen) atoms. The number of nitrogens with zero attached hydrogens (tertiary/aromatic N) is 2. The molecule has 0 spiro atoms. The third-order valence-electron chi connectivity index (χ3n) is 3.22. The molecule has 0 amide bonds. The molecule has 5 heteroatoms. The van der Waals surface area contributed by atoms with Crippen molar-refractivity contribution in [1.82, 2.24) is 9.97 Å². The largest absolute Gasteiger partial charge is 0.373 e. The van der Waals surface area contributed by atoms with Crippen molar-refractivity contribution >= 4 is 23.0 Å². The van der Waals surface area contributed by atoms with Crippen LogP contribution in [-0.2, 0) is 12.8 Å². The van der Waals surface area contributed by atoms with Crippen LogP contribution in [0.5, 0.6) is 0 Å². The number of aryl methyl sites for hydroxylation is 1. The first-order valence-corrected chi connectivity index (χ1v) is 7.86. The molecular formula is C15H22N4S. The molecule has 0 saturated carbocycles. The highest BCUT2D eigenvalue weighted by atomic mass is 32.1. The van der Waals surface area contributed by atoms with Crippen LogP contribution in [0, 0.1) is 6.92 Å². The lowest BCUT2D eigenvalue weighted by atomic mass is 10.2. The minimum Gasteiger partial charge on any atom is -0.373 e. The summed E-state index contributed by atoms with van der Waals surface area (Å²) in [5, 5.41) is 8.77. The molecule has 4 nitrogen and oxygen atoms in total. The molecular weight excluding hydrogens is 268 g/mol. The number of rotatable bonds is 6. The van der Waals surface area contributed by atoms with Gasteiger partial charge in [0, 0.05) is 36.4 Å². The van der Waals surface area contributed by atoms with Gasteiger partial charge in [0.25, 0.3) is 0 Å². The molecule has 0 fully saturated rings. The van der Waals surface area contributed by atoms with Gasteiger partial charge < -0.3 is 10.6 Å². The van der Waals surface area contributed by atoms with Crippen LogP contribution in [0.25, 0.3) is 0 Å². The highest BCUT2D eigenvalue weighted by Crippen LogP contribution is 2.21. The summed E-state index contributed by atoms with van der Waals surface area (Å²) >= 11 is 1.80. The Morgan fingerprint density at radius 3 is 2.65 bits per heavy atom. The van der Waals surface area contributed by atoms with E-state index in [0.29, 0.717) is 6.04 Å². The topological polar surface area (TPSA) is 49.8 Å². The first-order chi connectivity index (χ1) is 9.63. The normalized spacial score (nSPS) is 12.2. The Morgan fingerprint density at radius 2 is 2.05 bits per heavy atom. The van der Waals surface area contributed by atoms with Gasteiger partial charge in [0.1, 0.15) is 17.5 Å². The van der Waals surface area contributed by atoms with E-state index < -0.39 is 0 Å².